The summed E-state index contributed by atoms with van der Waals surface area (Å²) in [5.41, 5.74) is 0.940. The van der Waals surface area contributed by atoms with Crippen LogP contribution in [0.4, 0.5) is 0 Å². The molecule has 6 heteroatoms. The van der Waals surface area contributed by atoms with E-state index in [1.54, 1.807) is 20.2 Å². The molecule has 1 heterocycles. The molecule has 1 unspecified atom stereocenters. The molecule has 6 nitrogen and oxygen atoms in total. The van der Waals surface area contributed by atoms with Gasteiger partial charge in [0.15, 0.2) is 0 Å². The number of nitrogens with one attached hydrogen (secondary N) is 1. The monoisotopic (exact) mass is 237 g/mol. The number of aliphatic carboxylic acids is 1. The van der Waals surface area contributed by atoms with Gasteiger partial charge in [0.1, 0.15) is 6.04 Å². The Labute approximate surface area is 98.9 Å². The van der Waals surface area contributed by atoms with Crippen LogP contribution in [0.25, 0.3) is 0 Å². The highest BCUT2D eigenvalue weighted by atomic mass is 16.4. The maximum Gasteiger partial charge on any atom is 0.326 e. The number of hydrogen-bond donors (Lipinski definition) is 2. The minimum absolute atomic E-state index is 0.181. The van der Waals surface area contributed by atoms with Crippen molar-refractivity contribution in [2.24, 2.45) is 7.05 Å². The quantitative estimate of drug-likeness (QED) is 0.730. The first-order valence-electron chi connectivity index (χ1n) is 5.10. The molecule has 0 radical (unpaired) electrons. The number of nitrogens with zero attached hydrogens (tertiary/aromatic N) is 2. The van der Waals surface area contributed by atoms with Gasteiger partial charge in [-0.15, -0.1) is 6.58 Å². The van der Waals surface area contributed by atoms with Gasteiger partial charge < -0.3 is 10.4 Å². The number of aryl methyl sites for hydroxylation is 2. The fourth-order valence-corrected chi connectivity index (χ4v) is 1.45. The molecule has 0 bridgehead atoms. The molecule has 0 fully saturated rings. The summed E-state index contributed by atoms with van der Waals surface area (Å²) in [6.07, 6.45) is 3.19. The van der Waals surface area contributed by atoms with Crippen LogP contribution in [-0.4, -0.2) is 32.8 Å². The lowest BCUT2D eigenvalue weighted by Gasteiger charge is -2.11. The van der Waals surface area contributed by atoms with Crippen molar-refractivity contribution in [1.82, 2.24) is 15.1 Å². The van der Waals surface area contributed by atoms with E-state index in [2.05, 4.69) is 17.0 Å². The highest BCUT2D eigenvalue weighted by Crippen LogP contribution is 2.05. The number of amides is 1. The number of carboxylic acids is 1. The van der Waals surface area contributed by atoms with Crippen molar-refractivity contribution in [3.8, 4) is 0 Å². The van der Waals surface area contributed by atoms with Gasteiger partial charge in [-0.1, -0.05) is 6.08 Å². The molecule has 0 aliphatic heterocycles. The van der Waals surface area contributed by atoms with E-state index < -0.39 is 17.9 Å². The molecule has 1 atom stereocenters. The molecule has 1 aromatic rings. The van der Waals surface area contributed by atoms with E-state index in [9.17, 15) is 9.59 Å². The Morgan fingerprint density at radius 1 is 1.71 bits per heavy atom. The first-order valence-corrected chi connectivity index (χ1v) is 5.10. The number of rotatable bonds is 5. The summed E-state index contributed by atoms with van der Waals surface area (Å²) in [5, 5.41) is 15.3. The summed E-state index contributed by atoms with van der Waals surface area (Å²) in [7, 11) is 1.70. The predicted molar refractivity (Wildman–Crippen MR) is 61.6 cm³/mol. The fourth-order valence-electron chi connectivity index (χ4n) is 1.45. The Balaban J connectivity index is 2.80. The third-order valence-electron chi connectivity index (χ3n) is 2.26. The van der Waals surface area contributed by atoms with Crippen molar-refractivity contribution >= 4 is 11.9 Å². The molecule has 0 aliphatic rings. The molecule has 1 aromatic heterocycles. The molecule has 0 aliphatic carbocycles. The Bertz CT molecular complexity index is 451. The minimum Gasteiger partial charge on any atom is -0.480 e. The maximum absolute atomic E-state index is 11.8. The number of carboxylic acid groups (broad SMARTS) is 1. The molecule has 0 aromatic carbocycles. The SMILES string of the molecule is C=CCC(NC(=O)c1cn(C)nc1C)C(=O)O. The maximum atomic E-state index is 11.8. The van der Waals surface area contributed by atoms with E-state index >= 15 is 0 Å². The Morgan fingerprint density at radius 2 is 2.35 bits per heavy atom. The van der Waals surface area contributed by atoms with Gasteiger partial charge in [-0.2, -0.15) is 5.10 Å². The fraction of sp³-hybridized carbons (Fsp3) is 0.364. The number of carbonyl (C=O) groups excluding carboxylic acids is 1. The Kier molecular flexibility index (Phi) is 4.03. The predicted octanol–water partition coefficient (Wildman–Crippen LogP) is 0.488. The second kappa shape index (κ2) is 5.29. The third kappa shape index (κ3) is 3.17. The van der Waals surface area contributed by atoms with Crippen LogP contribution in [-0.2, 0) is 11.8 Å². The molecular weight excluding hydrogens is 222 g/mol. The van der Waals surface area contributed by atoms with Gasteiger partial charge in [-0.25, -0.2) is 4.79 Å². The third-order valence-corrected chi connectivity index (χ3v) is 2.26. The zero-order valence-corrected chi connectivity index (χ0v) is 9.80. The highest BCUT2D eigenvalue weighted by Gasteiger charge is 2.21. The molecule has 92 valence electrons. The lowest BCUT2D eigenvalue weighted by atomic mass is 10.2. The standard InChI is InChI=1S/C11H15N3O3/c1-4-5-9(11(16)17)12-10(15)8-6-14(3)13-7(8)2/h4,6,9H,1,5H2,2-3H3,(H,12,15)(H,16,17). The first-order chi connectivity index (χ1) is 7.95. The van der Waals surface area contributed by atoms with Crippen molar-refractivity contribution in [3.05, 3.63) is 30.1 Å². The number of hydrogen-bond acceptors (Lipinski definition) is 3. The van der Waals surface area contributed by atoms with E-state index in [0.717, 1.165) is 0 Å². The van der Waals surface area contributed by atoms with E-state index in [4.69, 9.17) is 5.11 Å². The van der Waals surface area contributed by atoms with E-state index in [-0.39, 0.29) is 6.42 Å². The molecule has 0 spiro atoms. The Morgan fingerprint density at radius 3 is 2.76 bits per heavy atom. The van der Waals surface area contributed by atoms with Crippen molar-refractivity contribution in [3.63, 3.8) is 0 Å². The van der Waals surface area contributed by atoms with Crippen LogP contribution < -0.4 is 5.32 Å². The molecule has 1 rings (SSSR count). The van der Waals surface area contributed by atoms with Gasteiger partial charge in [0, 0.05) is 13.2 Å². The van der Waals surface area contributed by atoms with E-state index in [1.807, 2.05) is 0 Å². The number of carbonyl (C=O) groups is 2. The van der Waals surface area contributed by atoms with Crippen molar-refractivity contribution in [2.75, 3.05) is 0 Å². The van der Waals surface area contributed by atoms with E-state index in [1.165, 1.54) is 10.8 Å². The summed E-state index contributed by atoms with van der Waals surface area (Å²) in [6, 6.07) is -0.959. The molecule has 2 N–H and O–H groups in total. The molecule has 1 amide bonds. The second-order valence-electron chi connectivity index (χ2n) is 3.69. The van der Waals surface area contributed by atoms with Crippen LogP contribution in [0.3, 0.4) is 0 Å². The number of aromatic nitrogens is 2. The van der Waals surface area contributed by atoms with Crippen LogP contribution in [0.2, 0.25) is 0 Å². The van der Waals surface area contributed by atoms with Crippen LogP contribution in [0.15, 0.2) is 18.9 Å². The lowest BCUT2D eigenvalue weighted by molar-refractivity contribution is -0.139. The van der Waals surface area contributed by atoms with Gasteiger partial charge in [0.25, 0.3) is 5.91 Å². The van der Waals surface area contributed by atoms with Crippen LogP contribution in [0.5, 0.6) is 0 Å². The zero-order valence-electron chi connectivity index (χ0n) is 9.80. The highest BCUT2D eigenvalue weighted by molar-refractivity contribution is 5.97. The second-order valence-corrected chi connectivity index (χ2v) is 3.69. The van der Waals surface area contributed by atoms with Gasteiger partial charge in [0.05, 0.1) is 11.3 Å². The van der Waals surface area contributed by atoms with Crippen molar-refractivity contribution < 1.29 is 14.7 Å². The average Bonchev–Trinajstić information content (AvgIpc) is 2.57. The van der Waals surface area contributed by atoms with Gasteiger partial charge in [-0.05, 0) is 13.3 Å². The van der Waals surface area contributed by atoms with Gasteiger partial charge >= 0.3 is 5.97 Å². The van der Waals surface area contributed by atoms with E-state index in [0.29, 0.717) is 11.3 Å². The minimum atomic E-state index is -1.08. The topological polar surface area (TPSA) is 84.2 Å². The summed E-state index contributed by atoms with van der Waals surface area (Å²) in [5.74, 6) is -1.52. The summed E-state index contributed by atoms with van der Waals surface area (Å²) >= 11 is 0. The summed E-state index contributed by atoms with van der Waals surface area (Å²) in [6.45, 7) is 5.15. The van der Waals surface area contributed by atoms with Crippen LogP contribution in [0, 0.1) is 6.92 Å². The largest absolute Gasteiger partial charge is 0.480 e. The zero-order chi connectivity index (χ0) is 13.0. The Hall–Kier alpha value is -2.11. The molecular formula is C11H15N3O3. The summed E-state index contributed by atoms with van der Waals surface area (Å²) < 4.78 is 1.51. The molecule has 17 heavy (non-hydrogen) atoms. The molecule has 0 saturated carbocycles. The normalized spacial score (nSPS) is 11.9. The summed E-state index contributed by atoms with van der Waals surface area (Å²) in [4.78, 5) is 22.7. The van der Waals surface area contributed by atoms with Gasteiger partial charge in [0.2, 0.25) is 0 Å². The van der Waals surface area contributed by atoms with Crippen molar-refractivity contribution in [2.45, 2.75) is 19.4 Å². The van der Waals surface area contributed by atoms with Gasteiger partial charge in [-0.3, -0.25) is 9.48 Å². The van der Waals surface area contributed by atoms with Crippen LogP contribution in [0.1, 0.15) is 22.5 Å². The average molecular weight is 237 g/mol. The lowest BCUT2D eigenvalue weighted by Crippen LogP contribution is -2.40. The van der Waals surface area contributed by atoms with Crippen molar-refractivity contribution in [1.29, 1.82) is 0 Å². The first kappa shape index (κ1) is 13.0. The smallest absolute Gasteiger partial charge is 0.326 e. The van der Waals surface area contributed by atoms with Crippen LogP contribution >= 0.6 is 0 Å². The molecule has 0 saturated heterocycles.